The summed E-state index contributed by atoms with van der Waals surface area (Å²) in [6.45, 7) is 2.88. The van der Waals surface area contributed by atoms with E-state index in [4.69, 9.17) is 9.47 Å². The molecule has 6 heteroatoms. The van der Waals surface area contributed by atoms with E-state index in [1.165, 1.54) is 0 Å². The number of unbranched alkanes of at least 4 members (excludes halogenated alkanes) is 1. The van der Waals surface area contributed by atoms with Crippen molar-refractivity contribution in [1.82, 2.24) is 5.32 Å². The van der Waals surface area contributed by atoms with Crippen LogP contribution in [-0.2, 0) is 9.47 Å². The fourth-order valence-corrected chi connectivity index (χ4v) is 1.77. The van der Waals surface area contributed by atoms with Crippen LogP contribution in [0.1, 0.15) is 19.8 Å². The number of rotatable bonds is 6. The molecular weight excluding hydrogens is 226 g/mol. The van der Waals surface area contributed by atoms with Crippen LogP contribution in [0.4, 0.5) is 0 Å². The first kappa shape index (κ1) is 14.8. The van der Waals surface area contributed by atoms with Gasteiger partial charge in [0.2, 0.25) is 0 Å². The Morgan fingerprint density at radius 2 is 1.88 bits per heavy atom. The van der Waals surface area contributed by atoms with Gasteiger partial charge >= 0.3 is 0 Å². The third kappa shape index (κ3) is 3.87. The van der Waals surface area contributed by atoms with Gasteiger partial charge in [0.1, 0.15) is 24.4 Å². The van der Waals surface area contributed by atoms with Gasteiger partial charge < -0.3 is 30.1 Å². The summed E-state index contributed by atoms with van der Waals surface area (Å²) in [5, 5.41) is 32.0. The third-order valence-electron chi connectivity index (χ3n) is 2.85. The molecule has 0 aliphatic carbocycles. The maximum atomic E-state index is 9.71. The van der Waals surface area contributed by atoms with E-state index in [1.807, 2.05) is 6.92 Å². The molecule has 1 aliphatic rings. The molecule has 0 aromatic carbocycles. The first-order valence-electron chi connectivity index (χ1n) is 6.07. The van der Waals surface area contributed by atoms with Crippen LogP contribution in [0.25, 0.3) is 0 Å². The average Bonchev–Trinajstić information content (AvgIpc) is 2.32. The summed E-state index contributed by atoms with van der Waals surface area (Å²) < 4.78 is 10.8. The maximum absolute atomic E-state index is 9.71. The van der Waals surface area contributed by atoms with Gasteiger partial charge in [-0.3, -0.25) is 0 Å². The van der Waals surface area contributed by atoms with Crippen molar-refractivity contribution >= 4 is 0 Å². The van der Waals surface area contributed by atoms with Crippen LogP contribution < -0.4 is 5.32 Å². The lowest BCUT2D eigenvalue weighted by Gasteiger charge is -2.40. The van der Waals surface area contributed by atoms with Crippen molar-refractivity contribution < 1.29 is 24.8 Å². The lowest BCUT2D eigenvalue weighted by atomic mass is 9.99. The molecule has 0 spiro atoms. The molecule has 6 nitrogen and oxygen atoms in total. The van der Waals surface area contributed by atoms with Crippen LogP contribution in [0.15, 0.2) is 0 Å². The molecule has 1 aliphatic heterocycles. The van der Waals surface area contributed by atoms with E-state index in [-0.39, 0.29) is 0 Å². The van der Waals surface area contributed by atoms with Crippen molar-refractivity contribution in [3.05, 3.63) is 0 Å². The Labute approximate surface area is 102 Å². The maximum Gasteiger partial charge on any atom is 0.186 e. The van der Waals surface area contributed by atoms with Crippen LogP contribution in [0.2, 0.25) is 0 Å². The first-order chi connectivity index (χ1) is 8.11. The number of likely N-dealkylation sites (N-methyl/N-ethyl adjacent to an activating group) is 1. The zero-order valence-electron chi connectivity index (χ0n) is 10.4. The van der Waals surface area contributed by atoms with Crippen molar-refractivity contribution in [2.75, 3.05) is 20.2 Å². The minimum Gasteiger partial charge on any atom is -0.388 e. The molecule has 0 aromatic heterocycles. The van der Waals surface area contributed by atoms with Crippen molar-refractivity contribution in [3.8, 4) is 0 Å². The van der Waals surface area contributed by atoms with Crippen molar-refractivity contribution in [2.45, 2.75) is 50.5 Å². The van der Waals surface area contributed by atoms with E-state index >= 15 is 0 Å². The van der Waals surface area contributed by atoms with Gasteiger partial charge in [0.25, 0.3) is 0 Å². The predicted molar refractivity (Wildman–Crippen MR) is 61.5 cm³/mol. The lowest BCUT2D eigenvalue weighted by molar-refractivity contribution is -0.295. The smallest absolute Gasteiger partial charge is 0.186 e. The topological polar surface area (TPSA) is 91.2 Å². The highest BCUT2D eigenvalue weighted by Crippen LogP contribution is 2.21. The van der Waals surface area contributed by atoms with Crippen molar-refractivity contribution in [3.63, 3.8) is 0 Å². The third-order valence-corrected chi connectivity index (χ3v) is 2.85. The van der Waals surface area contributed by atoms with Crippen LogP contribution in [0.3, 0.4) is 0 Å². The quantitative estimate of drug-likeness (QED) is 0.443. The molecule has 1 heterocycles. The molecule has 0 amide bonds. The zero-order chi connectivity index (χ0) is 12.8. The molecule has 0 saturated carbocycles. The highest BCUT2D eigenvalue weighted by atomic mass is 16.7. The largest absolute Gasteiger partial charge is 0.388 e. The molecule has 0 unspecified atom stereocenters. The normalized spacial score (nSPS) is 38.3. The number of nitrogens with one attached hydrogen (secondary N) is 1. The molecule has 102 valence electrons. The van der Waals surface area contributed by atoms with Crippen molar-refractivity contribution in [2.24, 2.45) is 0 Å². The molecule has 1 fully saturated rings. The fourth-order valence-electron chi connectivity index (χ4n) is 1.77. The number of hydrogen-bond donors (Lipinski definition) is 4. The van der Waals surface area contributed by atoms with E-state index in [1.54, 1.807) is 7.05 Å². The second-order valence-electron chi connectivity index (χ2n) is 4.30. The molecule has 1 saturated heterocycles. The Hall–Kier alpha value is -0.240. The van der Waals surface area contributed by atoms with Gasteiger partial charge in [0, 0.05) is 13.2 Å². The Morgan fingerprint density at radius 3 is 2.47 bits per heavy atom. The van der Waals surface area contributed by atoms with Gasteiger partial charge in [-0.2, -0.15) is 0 Å². The highest BCUT2D eigenvalue weighted by Gasteiger charge is 2.43. The summed E-state index contributed by atoms with van der Waals surface area (Å²) >= 11 is 0. The summed E-state index contributed by atoms with van der Waals surface area (Å²) in [5.74, 6) is 0. The van der Waals surface area contributed by atoms with Gasteiger partial charge in [0.15, 0.2) is 6.29 Å². The van der Waals surface area contributed by atoms with Gasteiger partial charge in [-0.1, -0.05) is 13.3 Å². The van der Waals surface area contributed by atoms with Crippen LogP contribution >= 0.6 is 0 Å². The summed E-state index contributed by atoms with van der Waals surface area (Å²) in [5.41, 5.74) is 0. The standard InChI is InChI=1S/C11H23NO5/c1-3-4-5-16-11-10(15)9(14)8(13)7(17-11)6-12-2/h7-15H,3-6H2,1-2H3/t7-,8-,9+,10-,11-/m1/s1. The average molecular weight is 249 g/mol. The molecule has 17 heavy (non-hydrogen) atoms. The second-order valence-corrected chi connectivity index (χ2v) is 4.30. The lowest BCUT2D eigenvalue weighted by Crippen LogP contribution is -2.60. The van der Waals surface area contributed by atoms with E-state index in [0.29, 0.717) is 13.2 Å². The van der Waals surface area contributed by atoms with E-state index < -0.39 is 30.7 Å². The number of aliphatic hydroxyl groups excluding tert-OH is 3. The van der Waals surface area contributed by atoms with Gasteiger partial charge in [-0.25, -0.2) is 0 Å². The van der Waals surface area contributed by atoms with Gasteiger partial charge in [-0.05, 0) is 13.5 Å². The van der Waals surface area contributed by atoms with E-state index in [0.717, 1.165) is 12.8 Å². The predicted octanol–water partition coefficient (Wildman–Crippen LogP) is -1.17. The Morgan fingerprint density at radius 1 is 1.18 bits per heavy atom. The highest BCUT2D eigenvalue weighted by molar-refractivity contribution is 4.89. The zero-order valence-corrected chi connectivity index (χ0v) is 10.4. The summed E-state index contributed by atoms with van der Waals surface area (Å²) in [6.07, 6.45) is -3.17. The van der Waals surface area contributed by atoms with E-state index in [2.05, 4.69) is 5.32 Å². The van der Waals surface area contributed by atoms with Crippen molar-refractivity contribution in [1.29, 1.82) is 0 Å². The van der Waals surface area contributed by atoms with Crippen LogP contribution in [0.5, 0.6) is 0 Å². The molecule has 5 atom stereocenters. The van der Waals surface area contributed by atoms with Gasteiger partial charge in [-0.15, -0.1) is 0 Å². The minimum absolute atomic E-state index is 0.387. The number of ether oxygens (including phenoxy) is 2. The number of hydrogen-bond acceptors (Lipinski definition) is 6. The van der Waals surface area contributed by atoms with E-state index in [9.17, 15) is 15.3 Å². The Bertz CT molecular complexity index is 216. The van der Waals surface area contributed by atoms with Gasteiger partial charge in [0.05, 0.1) is 0 Å². The second kappa shape index (κ2) is 7.25. The Balaban J connectivity index is 2.51. The Kier molecular flexibility index (Phi) is 6.32. The molecule has 4 N–H and O–H groups in total. The summed E-state index contributed by atoms with van der Waals surface area (Å²) in [4.78, 5) is 0. The minimum atomic E-state index is -1.24. The summed E-state index contributed by atoms with van der Waals surface area (Å²) in [7, 11) is 1.72. The molecular formula is C11H23NO5. The monoisotopic (exact) mass is 249 g/mol. The molecule has 0 bridgehead atoms. The SMILES string of the molecule is CCCCO[C@@H]1O[C@H](CNC)[C@@H](O)[C@H](O)[C@H]1O. The molecule has 0 aromatic rings. The fraction of sp³-hybridized carbons (Fsp3) is 1.00. The summed E-state index contributed by atoms with van der Waals surface area (Å²) in [6, 6.07) is 0. The molecule has 1 rings (SSSR count). The van der Waals surface area contributed by atoms with Crippen LogP contribution in [0, 0.1) is 0 Å². The number of aliphatic hydroxyl groups is 3. The molecule has 0 radical (unpaired) electrons. The first-order valence-corrected chi connectivity index (χ1v) is 6.07. The van der Waals surface area contributed by atoms with Crippen LogP contribution in [-0.4, -0.2) is 66.2 Å².